The molecule has 7 heteroatoms. The Balaban J connectivity index is 1.37. The first kappa shape index (κ1) is 17.1. The number of halogens is 1. The van der Waals surface area contributed by atoms with E-state index in [2.05, 4.69) is 20.2 Å². The molecule has 2 aliphatic rings. The lowest BCUT2D eigenvalue weighted by Crippen LogP contribution is -2.49. The van der Waals surface area contributed by atoms with Gasteiger partial charge in [-0.1, -0.05) is 12.1 Å². The van der Waals surface area contributed by atoms with Crippen molar-refractivity contribution < 1.29 is 13.9 Å². The zero-order valence-electron chi connectivity index (χ0n) is 14.7. The number of amides is 1. The molecule has 1 aromatic carbocycles. The van der Waals surface area contributed by atoms with E-state index < -0.39 is 5.67 Å². The molecule has 2 aromatic rings. The number of ether oxygens (including phenoxy) is 1. The Morgan fingerprint density at radius 1 is 1.31 bits per heavy atom. The van der Waals surface area contributed by atoms with Crippen LogP contribution in [0.2, 0.25) is 0 Å². The fourth-order valence-electron chi connectivity index (χ4n) is 3.67. The highest BCUT2D eigenvalue weighted by Gasteiger charge is 2.36. The zero-order valence-corrected chi connectivity index (χ0v) is 14.7. The first-order valence-electron chi connectivity index (χ1n) is 9.14. The number of para-hydroxylation sites is 1. The molecule has 6 nitrogen and oxygen atoms in total. The third kappa shape index (κ3) is 3.49. The summed E-state index contributed by atoms with van der Waals surface area (Å²) in [7, 11) is 0. The number of carbonyl (C=O) groups is 1. The molecule has 1 atom stereocenters. The molecule has 0 radical (unpaired) electrons. The number of rotatable bonds is 4. The van der Waals surface area contributed by atoms with Crippen LogP contribution in [-0.2, 0) is 9.53 Å². The maximum absolute atomic E-state index is 15.1. The number of hydrogen-bond acceptors (Lipinski definition) is 5. The van der Waals surface area contributed by atoms with Crippen LogP contribution < -0.4 is 10.2 Å². The van der Waals surface area contributed by atoms with Crippen molar-refractivity contribution in [3.05, 3.63) is 30.6 Å². The quantitative estimate of drug-likeness (QED) is 0.907. The minimum Gasteiger partial charge on any atom is -0.381 e. The molecule has 2 saturated heterocycles. The summed E-state index contributed by atoms with van der Waals surface area (Å²) in [5.41, 5.74) is -0.477. The van der Waals surface area contributed by atoms with Crippen molar-refractivity contribution in [3.63, 3.8) is 0 Å². The lowest BCUT2D eigenvalue weighted by atomic mass is 9.92. The summed E-state index contributed by atoms with van der Waals surface area (Å²) in [6.45, 7) is 2.26. The average Bonchev–Trinajstić information content (AvgIpc) is 3.21. The molecule has 1 N–H and O–H groups in total. The highest BCUT2D eigenvalue weighted by Crippen LogP contribution is 2.31. The third-order valence-electron chi connectivity index (χ3n) is 5.36. The van der Waals surface area contributed by atoms with E-state index in [1.807, 2.05) is 24.3 Å². The fraction of sp³-hybridized carbons (Fsp3) is 0.526. The van der Waals surface area contributed by atoms with Gasteiger partial charge in [-0.25, -0.2) is 14.4 Å². The van der Waals surface area contributed by atoms with Crippen LogP contribution in [0.15, 0.2) is 30.6 Å². The minimum absolute atomic E-state index is 0.0701. The number of hydrogen-bond donors (Lipinski definition) is 1. The predicted molar refractivity (Wildman–Crippen MR) is 96.8 cm³/mol. The van der Waals surface area contributed by atoms with E-state index in [0.717, 1.165) is 23.1 Å². The molecular formula is C19H23FN4O2. The molecule has 0 saturated carbocycles. The number of piperidine rings is 1. The van der Waals surface area contributed by atoms with E-state index in [1.165, 1.54) is 0 Å². The van der Waals surface area contributed by atoms with Crippen LogP contribution >= 0.6 is 0 Å². The van der Waals surface area contributed by atoms with Crippen LogP contribution in [0.4, 0.5) is 10.2 Å². The second kappa shape index (κ2) is 7.15. The summed E-state index contributed by atoms with van der Waals surface area (Å²) in [4.78, 5) is 22.9. The number of aromatic nitrogens is 2. The van der Waals surface area contributed by atoms with Gasteiger partial charge in [0.25, 0.3) is 0 Å². The van der Waals surface area contributed by atoms with E-state index in [-0.39, 0.29) is 18.4 Å². The van der Waals surface area contributed by atoms with Gasteiger partial charge in [0.15, 0.2) is 0 Å². The van der Waals surface area contributed by atoms with E-state index in [4.69, 9.17) is 4.74 Å². The lowest BCUT2D eigenvalue weighted by molar-refractivity contribution is -0.125. The molecule has 0 aliphatic carbocycles. The summed E-state index contributed by atoms with van der Waals surface area (Å²) in [6.07, 6.45) is 3.01. The highest BCUT2D eigenvalue weighted by atomic mass is 19.1. The van der Waals surface area contributed by atoms with Gasteiger partial charge in [0.1, 0.15) is 17.8 Å². The van der Waals surface area contributed by atoms with Crippen LogP contribution in [0.3, 0.4) is 0 Å². The van der Waals surface area contributed by atoms with Crippen LogP contribution in [0.5, 0.6) is 0 Å². The maximum Gasteiger partial charge on any atom is 0.225 e. The standard InChI is InChI=1S/C19H23FN4O2/c20-19(12-21-18(25)14-5-10-26-11-14)6-8-24(9-7-19)17-15-3-1-2-4-16(15)22-13-23-17/h1-4,13-14H,5-12H2,(H,21,25). The fourth-order valence-corrected chi connectivity index (χ4v) is 3.67. The largest absolute Gasteiger partial charge is 0.381 e. The SMILES string of the molecule is O=C(NCC1(F)CCN(c2ncnc3ccccc23)CC1)C1CCOC1. The van der Waals surface area contributed by atoms with Crippen molar-refractivity contribution in [1.82, 2.24) is 15.3 Å². The Morgan fingerprint density at radius 3 is 2.88 bits per heavy atom. The number of fused-ring (bicyclic) bond motifs is 1. The molecule has 1 unspecified atom stereocenters. The topological polar surface area (TPSA) is 67.4 Å². The van der Waals surface area contributed by atoms with Gasteiger partial charge in [-0.15, -0.1) is 0 Å². The molecule has 2 aliphatic heterocycles. The summed E-state index contributed by atoms with van der Waals surface area (Å²) in [5.74, 6) is 0.625. The monoisotopic (exact) mass is 358 g/mol. The summed E-state index contributed by atoms with van der Waals surface area (Å²) in [5, 5.41) is 3.76. The molecule has 0 spiro atoms. The van der Waals surface area contributed by atoms with E-state index in [1.54, 1.807) is 6.33 Å². The third-order valence-corrected chi connectivity index (χ3v) is 5.36. The van der Waals surface area contributed by atoms with Crippen molar-refractivity contribution in [2.24, 2.45) is 5.92 Å². The smallest absolute Gasteiger partial charge is 0.225 e. The molecule has 2 fully saturated rings. The second-order valence-electron chi connectivity index (χ2n) is 7.13. The number of nitrogens with zero attached hydrogens (tertiary/aromatic N) is 3. The van der Waals surface area contributed by atoms with Crippen molar-refractivity contribution in [2.75, 3.05) is 37.7 Å². The lowest BCUT2D eigenvalue weighted by Gasteiger charge is -2.37. The Hall–Kier alpha value is -2.28. The molecule has 3 heterocycles. The number of carbonyl (C=O) groups excluding carboxylic acids is 1. The van der Waals surface area contributed by atoms with Crippen LogP contribution in [0.1, 0.15) is 19.3 Å². The Kier molecular flexibility index (Phi) is 4.72. The zero-order chi connectivity index (χ0) is 18.0. The van der Waals surface area contributed by atoms with Crippen LogP contribution in [0.25, 0.3) is 10.9 Å². The summed E-state index contributed by atoms with van der Waals surface area (Å²) in [6, 6.07) is 7.85. The van der Waals surface area contributed by atoms with Crippen molar-refractivity contribution in [2.45, 2.75) is 24.9 Å². The molecule has 0 bridgehead atoms. The molecule has 138 valence electrons. The van der Waals surface area contributed by atoms with Gasteiger partial charge in [-0.3, -0.25) is 4.79 Å². The van der Waals surface area contributed by atoms with E-state index in [9.17, 15) is 4.79 Å². The average molecular weight is 358 g/mol. The predicted octanol–water partition coefficient (Wildman–Crippen LogP) is 2.09. The van der Waals surface area contributed by atoms with Gasteiger partial charge < -0.3 is 15.0 Å². The van der Waals surface area contributed by atoms with Crippen LogP contribution in [-0.4, -0.2) is 54.4 Å². The number of nitrogens with one attached hydrogen (secondary N) is 1. The molecule has 4 rings (SSSR count). The molecule has 1 aromatic heterocycles. The normalized spacial score (nSPS) is 22.5. The highest BCUT2D eigenvalue weighted by molar-refractivity contribution is 5.89. The molecule has 1 amide bonds. The first-order chi connectivity index (χ1) is 12.6. The van der Waals surface area contributed by atoms with Gasteiger partial charge >= 0.3 is 0 Å². The summed E-state index contributed by atoms with van der Waals surface area (Å²) < 4.78 is 20.3. The Labute approximate surface area is 151 Å². The number of alkyl halides is 1. The Morgan fingerprint density at radius 2 is 2.12 bits per heavy atom. The minimum atomic E-state index is -1.37. The van der Waals surface area contributed by atoms with Gasteiger partial charge in [-0.05, 0) is 18.6 Å². The van der Waals surface area contributed by atoms with Crippen molar-refractivity contribution in [1.29, 1.82) is 0 Å². The first-order valence-corrected chi connectivity index (χ1v) is 9.14. The van der Waals surface area contributed by atoms with E-state index >= 15 is 4.39 Å². The molecular weight excluding hydrogens is 335 g/mol. The van der Waals surface area contributed by atoms with Gasteiger partial charge in [0.2, 0.25) is 5.91 Å². The van der Waals surface area contributed by atoms with E-state index in [0.29, 0.717) is 39.1 Å². The van der Waals surface area contributed by atoms with Crippen LogP contribution in [0, 0.1) is 5.92 Å². The Bertz CT molecular complexity index is 781. The van der Waals surface area contributed by atoms with Crippen molar-refractivity contribution >= 4 is 22.6 Å². The van der Waals surface area contributed by atoms with Gasteiger partial charge in [0.05, 0.1) is 24.6 Å². The number of anilines is 1. The van der Waals surface area contributed by atoms with Gasteiger partial charge in [0, 0.05) is 37.9 Å². The van der Waals surface area contributed by atoms with Gasteiger partial charge in [-0.2, -0.15) is 0 Å². The molecule has 26 heavy (non-hydrogen) atoms. The second-order valence-corrected chi connectivity index (χ2v) is 7.13. The number of benzene rings is 1. The van der Waals surface area contributed by atoms with Crippen molar-refractivity contribution in [3.8, 4) is 0 Å². The summed E-state index contributed by atoms with van der Waals surface area (Å²) >= 11 is 0. The maximum atomic E-state index is 15.1.